The van der Waals surface area contributed by atoms with E-state index in [0.717, 1.165) is 40.0 Å². The molecule has 59 heavy (non-hydrogen) atoms. The van der Waals surface area contributed by atoms with Crippen LogP contribution in [-0.4, -0.2) is 130 Å². The Labute approximate surface area is 326 Å². The number of hydrogen-bond donors (Lipinski definition) is 4. The summed E-state index contributed by atoms with van der Waals surface area (Å²) in [7, 11) is 1.40. The number of likely N-dealkylation sites (tertiary alicyclic amines) is 1. The van der Waals surface area contributed by atoms with E-state index in [4.69, 9.17) is 29.6 Å². The average molecular weight is 852 g/mol. The van der Waals surface area contributed by atoms with Gasteiger partial charge >= 0.3 is 30.5 Å². The van der Waals surface area contributed by atoms with E-state index >= 15 is 0 Å². The van der Waals surface area contributed by atoms with Crippen molar-refractivity contribution in [3.8, 4) is 23.2 Å². The van der Waals surface area contributed by atoms with Gasteiger partial charge in [0.05, 0.1) is 31.0 Å². The van der Waals surface area contributed by atoms with Crippen LogP contribution >= 0.6 is 0 Å². The topological polar surface area (TPSA) is 224 Å². The van der Waals surface area contributed by atoms with E-state index in [0.29, 0.717) is 38.4 Å². The number of carboxylic acids is 2. The Hall–Kier alpha value is -6.03. The third kappa shape index (κ3) is 11.6. The number of amides is 1. The first-order valence-corrected chi connectivity index (χ1v) is 17.2. The van der Waals surface area contributed by atoms with Crippen LogP contribution in [0.25, 0.3) is 22.3 Å². The number of alkyl halides is 9. The summed E-state index contributed by atoms with van der Waals surface area (Å²) in [6.45, 7) is 0.950. The monoisotopic (exact) mass is 851 g/mol. The number of pyridine rings is 1. The molecular formula is C34H34F9N9O7. The molecule has 4 N–H and O–H groups in total. The molecule has 2 aliphatic rings. The summed E-state index contributed by atoms with van der Waals surface area (Å²) in [5.74, 6) is -6.43. The predicted octanol–water partition coefficient (Wildman–Crippen LogP) is 4.88. The zero-order valence-corrected chi connectivity index (χ0v) is 30.5. The smallest absolute Gasteiger partial charge is 0.475 e. The number of carbonyl (C=O) groups is 3. The summed E-state index contributed by atoms with van der Waals surface area (Å²) in [4.78, 5) is 49.3. The van der Waals surface area contributed by atoms with Crippen molar-refractivity contribution in [1.29, 1.82) is 5.26 Å². The van der Waals surface area contributed by atoms with Crippen molar-refractivity contribution < 1.29 is 74.0 Å². The Bertz CT molecular complexity index is 2110. The lowest BCUT2D eigenvalue weighted by Crippen LogP contribution is -2.65. The van der Waals surface area contributed by atoms with Crippen LogP contribution in [0.4, 0.5) is 39.5 Å². The van der Waals surface area contributed by atoms with Gasteiger partial charge in [0.2, 0.25) is 5.88 Å². The van der Waals surface area contributed by atoms with Gasteiger partial charge in [0.1, 0.15) is 29.3 Å². The highest BCUT2D eigenvalue weighted by Gasteiger charge is 2.48. The Balaban J connectivity index is 0.000000471. The number of nitriles is 1. The predicted molar refractivity (Wildman–Crippen MR) is 182 cm³/mol. The van der Waals surface area contributed by atoms with Gasteiger partial charge in [0.25, 0.3) is 5.91 Å². The summed E-state index contributed by atoms with van der Waals surface area (Å²) in [5, 5.41) is 38.5. The maximum atomic E-state index is 13.6. The van der Waals surface area contributed by atoms with Crippen molar-refractivity contribution in [3.63, 3.8) is 0 Å². The molecule has 4 aromatic heterocycles. The number of aliphatic hydroxyl groups excluding tert-OH is 1. The molecule has 1 aliphatic carbocycles. The Kier molecular flexibility index (Phi) is 14.1. The first kappa shape index (κ1) is 45.7. The molecule has 6 rings (SSSR count). The van der Waals surface area contributed by atoms with Crippen molar-refractivity contribution in [2.75, 3.05) is 33.3 Å². The van der Waals surface area contributed by atoms with E-state index in [-0.39, 0.29) is 36.7 Å². The summed E-state index contributed by atoms with van der Waals surface area (Å²) < 4.78 is 112. The number of ether oxygens (including phenoxy) is 1. The zero-order valence-electron chi connectivity index (χ0n) is 30.5. The van der Waals surface area contributed by atoms with Crippen molar-refractivity contribution >= 4 is 28.9 Å². The highest BCUT2D eigenvalue weighted by molar-refractivity contribution is 5.94. The molecule has 320 valence electrons. The lowest BCUT2D eigenvalue weighted by molar-refractivity contribution is -0.193. The second-order valence-electron chi connectivity index (χ2n) is 13.3. The van der Waals surface area contributed by atoms with Crippen molar-refractivity contribution in [1.82, 2.24) is 39.5 Å². The first-order chi connectivity index (χ1) is 27.5. The van der Waals surface area contributed by atoms with Gasteiger partial charge in [-0.25, -0.2) is 24.5 Å². The van der Waals surface area contributed by atoms with Crippen molar-refractivity contribution in [3.05, 3.63) is 54.4 Å². The van der Waals surface area contributed by atoms with E-state index in [9.17, 15) is 49.6 Å². The number of aliphatic hydroxyl groups is 1. The van der Waals surface area contributed by atoms with Gasteiger partial charge in [-0.1, -0.05) is 0 Å². The molecule has 0 radical (unpaired) electrons. The Morgan fingerprint density at radius 3 is 2.15 bits per heavy atom. The molecular weight excluding hydrogens is 817 g/mol. The second-order valence-corrected chi connectivity index (χ2v) is 13.3. The van der Waals surface area contributed by atoms with Crippen LogP contribution in [0.2, 0.25) is 0 Å². The lowest BCUT2D eigenvalue weighted by atomic mass is 9.82. The normalized spacial score (nSPS) is 17.9. The molecule has 0 unspecified atom stereocenters. The number of rotatable bonds is 9. The van der Waals surface area contributed by atoms with Crippen LogP contribution in [0.5, 0.6) is 5.88 Å². The summed E-state index contributed by atoms with van der Waals surface area (Å²) in [6.07, 6.45) is -5.27. The van der Waals surface area contributed by atoms with E-state index in [2.05, 4.69) is 36.0 Å². The van der Waals surface area contributed by atoms with Crippen LogP contribution in [0.15, 0.2) is 43.1 Å². The van der Waals surface area contributed by atoms with Gasteiger partial charge in [-0.2, -0.15) is 49.9 Å². The number of nitrogens with one attached hydrogen (secondary N) is 1. The molecule has 0 spiro atoms. The fourth-order valence-corrected chi connectivity index (χ4v) is 6.27. The number of H-pyrrole nitrogens is 1. The molecule has 0 atom stereocenters. The number of carbonyl (C=O) groups excluding carboxylic acids is 1. The summed E-state index contributed by atoms with van der Waals surface area (Å²) in [6, 6.07) is 6.39. The van der Waals surface area contributed by atoms with Crippen LogP contribution < -0.4 is 4.74 Å². The molecule has 25 heteroatoms. The van der Waals surface area contributed by atoms with Crippen LogP contribution in [0, 0.1) is 11.3 Å². The standard InChI is InChI=1S/C30H32F3N9O3.2C2HF3O2/c1-40(10-11-43)28(44)19-12-24(30(31,32)33)39-25(13-19)45-22-4-2-21(3-5-22)41-16-29(17-41,7-8-34)42-15-20(14-38-42)26-23-6-9-35-27(23)37-18-36-26;2*3-2(4,5)1(6)7/h6,9,12-15,18,21-22,43H,2-5,7,10-11,16-17H2,1H3,(H,35,36,37);2*(H,6,7)/t21-,22+;;. The van der Waals surface area contributed by atoms with Gasteiger partial charge in [-0.05, 0) is 37.8 Å². The number of aromatic amines is 1. The van der Waals surface area contributed by atoms with Crippen LogP contribution in [-0.2, 0) is 21.3 Å². The van der Waals surface area contributed by atoms with Gasteiger partial charge in [0, 0.05) is 67.7 Å². The van der Waals surface area contributed by atoms with Gasteiger partial charge in [-0.3, -0.25) is 14.4 Å². The minimum atomic E-state index is -5.08. The van der Waals surface area contributed by atoms with Gasteiger partial charge in [0.15, 0.2) is 0 Å². The zero-order chi connectivity index (χ0) is 43.9. The molecule has 4 aromatic rings. The maximum absolute atomic E-state index is 13.6. The molecule has 0 aromatic carbocycles. The second kappa shape index (κ2) is 18.3. The Morgan fingerprint density at radius 1 is 1.00 bits per heavy atom. The number of halogens is 9. The van der Waals surface area contributed by atoms with Crippen molar-refractivity contribution in [2.45, 2.75) is 68.3 Å². The number of hydrogen-bond acceptors (Lipinski definition) is 11. The molecule has 1 saturated heterocycles. The fourth-order valence-electron chi connectivity index (χ4n) is 6.27. The number of fused-ring (bicyclic) bond motifs is 1. The SMILES string of the molecule is CN(CCO)C(=O)c1cc(O[C@H]2CC[C@@H](N3CC(CC#N)(n4cc(-c5ncnc6[nH]ccc56)cn4)C3)CC2)nc(C(F)(F)F)c1.O=C(O)C(F)(F)F.O=C(O)C(F)(F)F. The fraction of sp³-hybridized carbons (Fsp3) is 0.471. The number of carboxylic acid groups (broad SMARTS) is 2. The van der Waals surface area contributed by atoms with E-state index < -0.39 is 47.6 Å². The largest absolute Gasteiger partial charge is 0.490 e. The number of nitrogens with zero attached hydrogens (tertiary/aromatic N) is 8. The highest BCUT2D eigenvalue weighted by Crippen LogP contribution is 2.39. The Morgan fingerprint density at radius 2 is 1.61 bits per heavy atom. The summed E-state index contributed by atoms with van der Waals surface area (Å²) in [5.41, 5.74) is 0.450. The third-order valence-corrected chi connectivity index (χ3v) is 9.15. The third-order valence-electron chi connectivity index (χ3n) is 9.15. The molecule has 16 nitrogen and oxygen atoms in total. The highest BCUT2D eigenvalue weighted by atomic mass is 19.4. The molecule has 1 saturated carbocycles. The van der Waals surface area contributed by atoms with E-state index in [1.165, 1.54) is 19.4 Å². The minimum Gasteiger partial charge on any atom is -0.475 e. The summed E-state index contributed by atoms with van der Waals surface area (Å²) >= 11 is 0. The van der Waals surface area contributed by atoms with Gasteiger partial charge < -0.3 is 29.9 Å². The number of likely N-dealkylation sites (N-methyl/N-ethyl adjacent to an activating group) is 1. The van der Waals surface area contributed by atoms with E-state index in [1.54, 1.807) is 6.20 Å². The van der Waals surface area contributed by atoms with Crippen LogP contribution in [0.3, 0.4) is 0 Å². The first-order valence-electron chi connectivity index (χ1n) is 17.2. The molecule has 1 aliphatic heterocycles. The average Bonchev–Trinajstić information content (AvgIpc) is 3.83. The maximum Gasteiger partial charge on any atom is 0.490 e. The number of aromatic nitrogens is 6. The number of aliphatic carboxylic acids is 2. The molecule has 5 heterocycles. The minimum absolute atomic E-state index is 0.0184. The lowest BCUT2D eigenvalue weighted by Gasteiger charge is -2.53. The van der Waals surface area contributed by atoms with E-state index in [1.807, 2.05) is 23.1 Å². The molecule has 2 fully saturated rings. The molecule has 1 amide bonds. The quantitative estimate of drug-likeness (QED) is 0.165. The van der Waals surface area contributed by atoms with Crippen LogP contribution in [0.1, 0.15) is 48.2 Å². The molecule has 0 bridgehead atoms. The van der Waals surface area contributed by atoms with Crippen molar-refractivity contribution in [2.24, 2.45) is 0 Å². The van der Waals surface area contributed by atoms with Gasteiger partial charge in [-0.15, -0.1) is 0 Å².